The van der Waals surface area contributed by atoms with Gasteiger partial charge >= 0.3 is 0 Å². The van der Waals surface area contributed by atoms with E-state index in [-0.39, 0.29) is 12.1 Å². The van der Waals surface area contributed by atoms with Crippen molar-refractivity contribution in [1.82, 2.24) is 4.90 Å². The Bertz CT molecular complexity index is 1170. The minimum Gasteiger partial charge on any atom is -0.503 e. The van der Waals surface area contributed by atoms with Crippen molar-refractivity contribution in [3.05, 3.63) is 124 Å². The Morgan fingerprint density at radius 3 is 2.32 bits per heavy atom. The normalized spacial score (nSPS) is 16.4. The van der Waals surface area contributed by atoms with Crippen LogP contribution in [0.3, 0.4) is 0 Å². The number of halogens is 1. The summed E-state index contributed by atoms with van der Waals surface area (Å²) in [6.07, 6.45) is 3.06. The zero-order valence-corrected chi connectivity index (χ0v) is 17.4. The van der Waals surface area contributed by atoms with Gasteiger partial charge in [-0.15, -0.1) is 0 Å². The van der Waals surface area contributed by atoms with Gasteiger partial charge in [0, 0.05) is 11.6 Å². The molecule has 1 unspecified atom stereocenters. The molecule has 1 atom stereocenters. The number of nitrogens with zero attached hydrogens (tertiary/aromatic N) is 1. The second kappa shape index (κ2) is 9.02. The van der Waals surface area contributed by atoms with Crippen molar-refractivity contribution in [2.24, 2.45) is 0 Å². The Labute approximate surface area is 185 Å². The first-order valence-electron chi connectivity index (χ1n) is 9.85. The van der Waals surface area contributed by atoms with Crippen LogP contribution >= 0.6 is 11.6 Å². The van der Waals surface area contributed by atoms with E-state index in [0.717, 1.165) is 11.1 Å². The van der Waals surface area contributed by atoms with Crippen molar-refractivity contribution in [2.45, 2.75) is 12.6 Å². The molecular formula is C26H20ClNO3. The standard InChI is InChI=1S/C26H20ClNO3/c27-21-13-7-12-20(16-21)24-23(22(29)15-14-18-8-3-1-4-9-18)25(30)26(31)28(24)17-19-10-5-2-6-11-19/h1-16,24,30H,17H2. The number of ketones is 1. The summed E-state index contributed by atoms with van der Waals surface area (Å²) in [5, 5.41) is 11.2. The molecule has 4 nitrogen and oxygen atoms in total. The van der Waals surface area contributed by atoms with Crippen molar-refractivity contribution in [3.63, 3.8) is 0 Å². The van der Waals surface area contributed by atoms with Crippen LogP contribution in [0.4, 0.5) is 0 Å². The number of rotatable bonds is 6. The fourth-order valence-corrected chi connectivity index (χ4v) is 3.90. The van der Waals surface area contributed by atoms with Crippen molar-refractivity contribution >= 4 is 29.4 Å². The predicted molar refractivity (Wildman–Crippen MR) is 121 cm³/mol. The highest BCUT2D eigenvalue weighted by Gasteiger charge is 2.42. The summed E-state index contributed by atoms with van der Waals surface area (Å²) >= 11 is 6.19. The van der Waals surface area contributed by atoms with Crippen LogP contribution in [0.1, 0.15) is 22.7 Å². The van der Waals surface area contributed by atoms with E-state index in [2.05, 4.69) is 0 Å². The number of aliphatic hydroxyl groups excluding tert-OH is 1. The van der Waals surface area contributed by atoms with Gasteiger partial charge in [0.15, 0.2) is 11.5 Å². The van der Waals surface area contributed by atoms with Gasteiger partial charge in [0.05, 0.1) is 11.6 Å². The number of allylic oxidation sites excluding steroid dienone is 1. The molecule has 154 valence electrons. The van der Waals surface area contributed by atoms with Crippen molar-refractivity contribution in [2.75, 3.05) is 0 Å². The maximum atomic E-state index is 13.1. The first kappa shape index (κ1) is 20.6. The fraction of sp³-hybridized carbons (Fsp3) is 0.0769. The largest absolute Gasteiger partial charge is 0.503 e. The van der Waals surface area contributed by atoms with E-state index in [4.69, 9.17) is 11.6 Å². The van der Waals surface area contributed by atoms with Gasteiger partial charge in [0.2, 0.25) is 0 Å². The van der Waals surface area contributed by atoms with Crippen LogP contribution in [-0.4, -0.2) is 21.7 Å². The summed E-state index contributed by atoms with van der Waals surface area (Å²) in [6.45, 7) is 0.250. The highest BCUT2D eigenvalue weighted by molar-refractivity contribution is 6.30. The number of amides is 1. The molecule has 0 spiro atoms. The number of hydrogen-bond acceptors (Lipinski definition) is 3. The molecule has 1 aliphatic heterocycles. The van der Waals surface area contributed by atoms with Crippen molar-refractivity contribution < 1.29 is 14.7 Å². The van der Waals surface area contributed by atoms with E-state index in [1.165, 1.54) is 11.0 Å². The van der Waals surface area contributed by atoms with E-state index in [9.17, 15) is 14.7 Å². The van der Waals surface area contributed by atoms with E-state index < -0.39 is 23.5 Å². The van der Waals surface area contributed by atoms with Gasteiger partial charge < -0.3 is 10.0 Å². The van der Waals surface area contributed by atoms with Crippen LogP contribution in [-0.2, 0) is 16.1 Å². The molecule has 3 aromatic rings. The third-order valence-corrected chi connectivity index (χ3v) is 5.39. The highest BCUT2D eigenvalue weighted by atomic mass is 35.5. The number of aliphatic hydroxyl groups is 1. The lowest BCUT2D eigenvalue weighted by Gasteiger charge is -2.27. The summed E-state index contributed by atoms with van der Waals surface area (Å²) in [6, 6.07) is 25.1. The minimum absolute atomic E-state index is 0.0513. The first-order valence-corrected chi connectivity index (χ1v) is 10.2. The topological polar surface area (TPSA) is 57.6 Å². The van der Waals surface area contributed by atoms with Crippen LogP contribution in [0, 0.1) is 0 Å². The number of hydrogen-bond donors (Lipinski definition) is 1. The van der Waals surface area contributed by atoms with Gasteiger partial charge in [-0.1, -0.05) is 90.5 Å². The molecule has 0 aromatic heterocycles. The second-order valence-corrected chi connectivity index (χ2v) is 7.68. The maximum absolute atomic E-state index is 13.1. The van der Waals surface area contributed by atoms with E-state index in [0.29, 0.717) is 10.6 Å². The molecule has 1 N–H and O–H groups in total. The Kier molecular flexibility index (Phi) is 6.01. The minimum atomic E-state index is -0.737. The summed E-state index contributed by atoms with van der Waals surface area (Å²) in [4.78, 5) is 27.6. The Morgan fingerprint density at radius 1 is 0.968 bits per heavy atom. The molecule has 0 fully saturated rings. The Balaban J connectivity index is 1.73. The first-order chi connectivity index (χ1) is 15.0. The van der Waals surface area contributed by atoms with Crippen LogP contribution in [0.25, 0.3) is 6.08 Å². The van der Waals surface area contributed by atoms with E-state index in [1.54, 1.807) is 30.3 Å². The average Bonchev–Trinajstić information content (AvgIpc) is 3.04. The maximum Gasteiger partial charge on any atom is 0.290 e. The van der Waals surface area contributed by atoms with Gasteiger partial charge in [-0.2, -0.15) is 0 Å². The molecule has 5 heteroatoms. The molecule has 0 bridgehead atoms. The molecule has 1 amide bonds. The van der Waals surface area contributed by atoms with Gasteiger partial charge in [0.1, 0.15) is 0 Å². The number of benzene rings is 3. The zero-order valence-electron chi connectivity index (χ0n) is 16.6. The van der Waals surface area contributed by atoms with Gasteiger partial charge in [-0.3, -0.25) is 9.59 Å². The summed E-state index contributed by atoms with van der Waals surface area (Å²) in [7, 11) is 0. The number of carbonyl (C=O) groups is 2. The number of carbonyl (C=O) groups excluding carboxylic acids is 2. The molecule has 3 aromatic carbocycles. The smallest absolute Gasteiger partial charge is 0.290 e. The zero-order chi connectivity index (χ0) is 21.8. The molecule has 0 radical (unpaired) electrons. The van der Waals surface area contributed by atoms with Crippen molar-refractivity contribution in [1.29, 1.82) is 0 Å². The molecule has 4 rings (SSSR count). The van der Waals surface area contributed by atoms with Crippen LogP contribution in [0.5, 0.6) is 0 Å². The lowest BCUT2D eigenvalue weighted by atomic mass is 9.95. The molecule has 0 aliphatic carbocycles. The van der Waals surface area contributed by atoms with Gasteiger partial charge in [-0.05, 0) is 34.9 Å². The molecule has 0 saturated carbocycles. The Hall–Kier alpha value is -3.63. The molecule has 1 heterocycles. The van der Waals surface area contributed by atoms with E-state index >= 15 is 0 Å². The predicted octanol–water partition coefficient (Wildman–Crippen LogP) is 5.52. The summed E-state index contributed by atoms with van der Waals surface area (Å²) in [5.41, 5.74) is 2.46. The molecule has 0 saturated heterocycles. The Morgan fingerprint density at radius 2 is 1.65 bits per heavy atom. The van der Waals surface area contributed by atoms with E-state index in [1.807, 2.05) is 60.7 Å². The monoisotopic (exact) mass is 429 g/mol. The lowest BCUT2D eigenvalue weighted by molar-refractivity contribution is -0.130. The van der Waals surface area contributed by atoms with Gasteiger partial charge in [-0.25, -0.2) is 0 Å². The highest BCUT2D eigenvalue weighted by Crippen LogP contribution is 2.39. The average molecular weight is 430 g/mol. The second-order valence-electron chi connectivity index (χ2n) is 7.25. The lowest BCUT2D eigenvalue weighted by Crippen LogP contribution is -2.30. The van der Waals surface area contributed by atoms with Crippen LogP contribution in [0.15, 0.2) is 102 Å². The third-order valence-electron chi connectivity index (χ3n) is 5.16. The summed E-state index contributed by atoms with van der Waals surface area (Å²) < 4.78 is 0. The van der Waals surface area contributed by atoms with Gasteiger partial charge in [0.25, 0.3) is 5.91 Å². The van der Waals surface area contributed by atoms with Crippen LogP contribution in [0.2, 0.25) is 5.02 Å². The SMILES string of the molecule is O=C(C=Cc1ccccc1)C1=C(O)C(=O)N(Cc2ccccc2)C1c1cccc(Cl)c1. The molecule has 1 aliphatic rings. The third kappa shape index (κ3) is 4.44. The quantitative estimate of drug-likeness (QED) is 0.525. The molecular weight excluding hydrogens is 410 g/mol. The summed E-state index contributed by atoms with van der Waals surface area (Å²) in [5.74, 6) is -1.52. The fourth-order valence-electron chi connectivity index (χ4n) is 3.70. The van der Waals surface area contributed by atoms with Crippen LogP contribution < -0.4 is 0 Å². The van der Waals surface area contributed by atoms with Crippen molar-refractivity contribution in [3.8, 4) is 0 Å². The molecule has 31 heavy (non-hydrogen) atoms.